The Morgan fingerprint density at radius 1 is 1.09 bits per heavy atom. The van der Waals surface area contributed by atoms with Gasteiger partial charge >= 0.3 is 0 Å². The minimum atomic E-state index is -3.37. The Morgan fingerprint density at radius 2 is 1.78 bits per heavy atom. The van der Waals surface area contributed by atoms with E-state index in [2.05, 4.69) is 36.5 Å². The van der Waals surface area contributed by atoms with Crippen LogP contribution in [0.15, 0.2) is 24.3 Å². The summed E-state index contributed by atoms with van der Waals surface area (Å²) in [5.41, 5.74) is 2.36. The predicted octanol–water partition coefficient (Wildman–Crippen LogP) is 1.93. The third-order valence-corrected chi connectivity index (χ3v) is 6.95. The van der Waals surface area contributed by atoms with Gasteiger partial charge in [0.15, 0.2) is 0 Å². The number of rotatable bonds is 4. The molecule has 6 heteroatoms. The Kier molecular flexibility index (Phi) is 5.36. The summed E-state index contributed by atoms with van der Waals surface area (Å²) < 4.78 is 29.5. The molecule has 0 bridgehead atoms. The molecule has 0 aliphatic carbocycles. The maximum atomic E-state index is 13.1. The molecule has 2 fully saturated rings. The monoisotopic (exact) mass is 337 g/mol. The highest BCUT2D eigenvalue weighted by Gasteiger charge is 2.37. The van der Waals surface area contributed by atoms with Crippen LogP contribution in [0, 0.1) is 0 Å². The van der Waals surface area contributed by atoms with E-state index in [0.29, 0.717) is 26.2 Å². The first kappa shape index (κ1) is 16.9. The average molecular weight is 337 g/mol. The molecule has 1 unspecified atom stereocenters. The molecule has 0 saturated carbocycles. The summed E-state index contributed by atoms with van der Waals surface area (Å²) in [6.07, 6.45) is 4.08. The fourth-order valence-electron chi connectivity index (χ4n) is 3.47. The van der Waals surface area contributed by atoms with Gasteiger partial charge in [0, 0.05) is 32.7 Å². The minimum Gasteiger partial charge on any atom is -0.313 e. The van der Waals surface area contributed by atoms with Crippen LogP contribution in [0.5, 0.6) is 0 Å². The second-order valence-corrected chi connectivity index (χ2v) is 8.27. The second-order valence-electron chi connectivity index (χ2n) is 6.39. The van der Waals surface area contributed by atoms with Gasteiger partial charge in [0.05, 0.1) is 6.04 Å². The maximum absolute atomic E-state index is 13.1. The van der Waals surface area contributed by atoms with E-state index < -0.39 is 10.2 Å². The van der Waals surface area contributed by atoms with Crippen LogP contribution in [0.4, 0.5) is 0 Å². The van der Waals surface area contributed by atoms with Crippen molar-refractivity contribution in [2.75, 3.05) is 32.7 Å². The van der Waals surface area contributed by atoms with E-state index in [0.717, 1.165) is 37.8 Å². The molecule has 128 valence electrons. The summed E-state index contributed by atoms with van der Waals surface area (Å²) >= 11 is 0. The van der Waals surface area contributed by atoms with Gasteiger partial charge in [0.1, 0.15) is 0 Å². The van der Waals surface area contributed by atoms with E-state index >= 15 is 0 Å². The van der Waals surface area contributed by atoms with Crippen molar-refractivity contribution in [1.29, 1.82) is 0 Å². The highest BCUT2D eigenvalue weighted by Crippen LogP contribution is 2.28. The first-order chi connectivity index (χ1) is 11.1. The smallest absolute Gasteiger partial charge is 0.282 e. The number of aryl methyl sites for hydroxylation is 1. The lowest BCUT2D eigenvalue weighted by Crippen LogP contribution is -2.54. The summed E-state index contributed by atoms with van der Waals surface area (Å²) in [4.78, 5) is 0. The molecule has 23 heavy (non-hydrogen) atoms. The predicted molar refractivity (Wildman–Crippen MR) is 92.5 cm³/mol. The standard InChI is InChI=1S/C17H27N3O2S/c1-2-15-6-8-16(9-7-15)17-14-18-10-13-20(17)23(21,22)19-11-4-3-5-12-19/h6-9,17-18H,2-5,10-14H2,1H3. The van der Waals surface area contributed by atoms with Crippen molar-refractivity contribution in [1.82, 2.24) is 13.9 Å². The number of hydrogen-bond acceptors (Lipinski definition) is 3. The van der Waals surface area contributed by atoms with Crippen molar-refractivity contribution in [3.63, 3.8) is 0 Å². The Balaban J connectivity index is 1.85. The molecular weight excluding hydrogens is 310 g/mol. The maximum Gasteiger partial charge on any atom is 0.282 e. The minimum absolute atomic E-state index is 0.110. The van der Waals surface area contributed by atoms with Gasteiger partial charge in [-0.05, 0) is 30.4 Å². The van der Waals surface area contributed by atoms with Crippen molar-refractivity contribution < 1.29 is 8.42 Å². The molecule has 0 radical (unpaired) electrons. The van der Waals surface area contributed by atoms with Gasteiger partial charge in [-0.1, -0.05) is 37.6 Å². The van der Waals surface area contributed by atoms with E-state index in [-0.39, 0.29) is 6.04 Å². The van der Waals surface area contributed by atoms with Crippen LogP contribution in [-0.4, -0.2) is 49.8 Å². The Morgan fingerprint density at radius 3 is 2.43 bits per heavy atom. The topological polar surface area (TPSA) is 52.7 Å². The molecule has 2 aliphatic rings. The van der Waals surface area contributed by atoms with Crippen LogP contribution in [0.1, 0.15) is 43.4 Å². The summed E-state index contributed by atoms with van der Waals surface area (Å²) in [6.45, 7) is 5.39. The van der Waals surface area contributed by atoms with E-state index in [1.807, 2.05) is 0 Å². The number of benzene rings is 1. The fourth-order valence-corrected chi connectivity index (χ4v) is 5.32. The second kappa shape index (κ2) is 7.30. The molecule has 0 amide bonds. The van der Waals surface area contributed by atoms with Crippen LogP contribution in [0.25, 0.3) is 0 Å². The van der Waals surface area contributed by atoms with Gasteiger partial charge in [-0.3, -0.25) is 0 Å². The van der Waals surface area contributed by atoms with E-state index in [9.17, 15) is 8.42 Å². The molecular formula is C17H27N3O2S. The first-order valence-electron chi connectivity index (χ1n) is 8.69. The zero-order chi connectivity index (χ0) is 16.3. The zero-order valence-electron chi connectivity index (χ0n) is 13.9. The summed E-state index contributed by atoms with van der Waals surface area (Å²) in [5.74, 6) is 0. The third-order valence-electron chi connectivity index (χ3n) is 4.90. The molecule has 1 N–H and O–H groups in total. The lowest BCUT2D eigenvalue weighted by atomic mass is 10.0. The van der Waals surface area contributed by atoms with Gasteiger partial charge in [-0.2, -0.15) is 17.0 Å². The molecule has 0 spiro atoms. The fraction of sp³-hybridized carbons (Fsp3) is 0.647. The summed E-state index contributed by atoms with van der Waals surface area (Å²) in [6, 6.07) is 8.26. The Hall–Kier alpha value is -0.950. The van der Waals surface area contributed by atoms with Gasteiger partial charge < -0.3 is 5.32 Å². The van der Waals surface area contributed by atoms with Crippen molar-refractivity contribution >= 4 is 10.2 Å². The molecule has 2 aliphatic heterocycles. The van der Waals surface area contributed by atoms with Crippen molar-refractivity contribution in [2.45, 2.75) is 38.6 Å². The summed E-state index contributed by atoms with van der Waals surface area (Å²) in [7, 11) is -3.37. The van der Waals surface area contributed by atoms with Gasteiger partial charge in [0.25, 0.3) is 10.2 Å². The van der Waals surface area contributed by atoms with Gasteiger partial charge in [0.2, 0.25) is 0 Å². The highest BCUT2D eigenvalue weighted by molar-refractivity contribution is 7.86. The molecule has 1 aromatic carbocycles. The van der Waals surface area contributed by atoms with Crippen LogP contribution in [-0.2, 0) is 16.6 Å². The zero-order valence-corrected chi connectivity index (χ0v) is 14.7. The van der Waals surface area contributed by atoms with Crippen LogP contribution in [0.2, 0.25) is 0 Å². The Bertz CT molecular complexity index is 609. The van der Waals surface area contributed by atoms with Crippen molar-refractivity contribution in [2.24, 2.45) is 0 Å². The molecule has 1 aromatic rings. The lowest BCUT2D eigenvalue weighted by Gasteiger charge is -2.39. The number of nitrogens with zero attached hydrogens (tertiary/aromatic N) is 2. The van der Waals surface area contributed by atoms with Gasteiger partial charge in [-0.15, -0.1) is 0 Å². The number of piperazine rings is 1. The van der Waals surface area contributed by atoms with E-state index in [4.69, 9.17) is 0 Å². The average Bonchev–Trinajstić information content (AvgIpc) is 2.62. The molecule has 5 nitrogen and oxygen atoms in total. The van der Waals surface area contributed by atoms with Crippen molar-refractivity contribution in [3.8, 4) is 0 Å². The number of piperidine rings is 1. The van der Waals surface area contributed by atoms with Crippen LogP contribution in [0.3, 0.4) is 0 Å². The van der Waals surface area contributed by atoms with E-state index in [1.54, 1.807) is 8.61 Å². The third kappa shape index (κ3) is 3.60. The number of nitrogens with one attached hydrogen (secondary N) is 1. The van der Waals surface area contributed by atoms with Gasteiger partial charge in [-0.25, -0.2) is 0 Å². The molecule has 2 saturated heterocycles. The molecule has 0 aromatic heterocycles. The van der Waals surface area contributed by atoms with Crippen LogP contribution >= 0.6 is 0 Å². The molecule has 3 rings (SSSR count). The number of hydrogen-bond donors (Lipinski definition) is 1. The van der Waals surface area contributed by atoms with E-state index in [1.165, 1.54) is 5.56 Å². The van der Waals surface area contributed by atoms with Crippen molar-refractivity contribution in [3.05, 3.63) is 35.4 Å². The quantitative estimate of drug-likeness (QED) is 0.913. The Labute approximate surface area is 139 Å². The summed E-state index contributed by atoms with van der Waals surface area (Å²) in [5, 5.41) is 3.34. The SMILES string of the molecule is CCc1ccc(C2CNCCN2S(=O)(=O)N2CCCCC2)cc1. The molecule has 1 atom stereocenters. The largest absolute Gasteiger partial charge is 0.313 e. The molecule has 2 heterocycles. The lowest BCUT2D eigenvalue weighted by molar-refractivity contribution is 0.237. The van der Waals surface area contributed by atoms with Crippen LogP contribution < -0.4 is 5.32 Å². The normalized spacial score (nSPS) is 24.7. The highest BCUT2D eigenvalue weighted by atomic mass is 32.2. The first-order valence-corrected chi connectivity index (χ1v) is 10.1.